The summed E-state index contributed by atoms with van der Waals surface area (Å²) in [6.07, 6.45) is 0.682. The van der Waals surface area contributed by atoms with Gasteiger partial charge in [0.2, 0.25) is 5.95 Å². The van der Waals surface area contributed by atoms with Crippen LogP contribution in [0.2, 0.25) is 5.15 Å². The fourth-order valence-corrected chi connectivity index (χ4v) is 1.43. The number of rotatable bonds is 1. The van der Waals surface area contributed by atoms with Crippen molar-refractivity contribution < 1.29 is 9.53 Å². The SMILES string of the molecule is CCOC(=O)n1cnc2c(Cl)nc(N)nc21. The summed E-state index contributed by atoms with van der Waals surface area (Å²) in [6, 6.07) is 0. The molecule has 8 heteroatoms. The Labute approximate surface area is 95.2 Å². The van der Waals surface area contributed by atoms with Crippen molar-refractivity contribution in [2.45, 2.75) is 6.92 Å². The zero-order chi connectivity index (χ0) is 11.7. The van der Waals surface area contributed by atoms with Gasteiger partial charge in [0.25, 0.3) is 0 Å². The minimum atomic E-state index is -0.584. The van der Waals surface area contributed by atoms with Crippen molar-refractivity contribution >= 4 is 34.8 Å². The van der Waals surface area contributed by atoms with Crippen molar-refractivity contribution in [1.82, 2.24) is 19.5 Å². The van der Waals surface area contributed by atoms with E-state index in [2.05, 4.69) is 15.0 Å². The van der Waals surface area contributed by atoms with Crippen LogP contribution < -0.4 is 5.73 Å². The van der Waals surface area contributed by atoms with Gasteiger partial charge in [0.05, 0.1) is 6.61 Å². The Hall–Kier alpha value is -1.89. The molecule has 0 aliphatic heterocycles. The molecule has 0 bridgehead atoms. The predicted molar refractivity (Wildman–Crippen MR) is 57.2 cm³/mol. The molecule has 7 nitrogen and oxygen atoms in total. The highest BCUT2D eigenvalue weighted by molar-refractivity contribution is 6.33. The van der Waals surface area contributed by atoms with E-state index < -0.39 is 6.09 Å². The van der Waals surface area contributed by atoms with Crippen LogP contribution in [0.4, 0.5) is 10.7 Å². The molecule has 2 heterocycles. The zero-order valence-electron chi connectivity index (χ0n) is 8.35. The average molecular weight is 242 g/mol. The second-order valence-corrected chi connectivity index (χ2v) is 3.22. The highest BCUT2D eigenvalue weighted by Gasteiger charge is 2.15. The molecule has 0 saturated carbocycles. The number of carbonyl (C=O) groups is 1. The van der Waals surface area contributed by atoms with E-state index >= 15 is 0 Å². The minimum Gasteiger partial charge on any atom is -0.449 e. The maximum atomic E-state index is 11.5. The van der Waals surface area contributed by atoms with Crippen molar-refractivity contribution in [3.63, 3.8) is 0 Å². The Morgan fingerprint density at radius 2 is 2.38 bits per heavy atom. The maximum Gasteiger partial charge on any atom is 0.420 e. The lowest BCUT2D eigenvalue weighted by Gasteiger charge is -2.02. The third kappa shape index (κ3) is 1.65. The normalized spacial score (nSPS) is 10.6. The van der Waals surface area contributed by atoms with Crippen LogP contribution in [-0.2, 0) is 4.74 Å². The van der Waals surface area contributed by atoms with E-state index in [1.54, 1.807) is 6.92 Å². The molecular formula is C8H8ClN5O2. The number of fused-ring (bicyclic) bond motifs is 1. The molecule has 16 heavy (non-hydrogen) atoms. The lowest BCUT2D eigenvalue weighted by molar-refractivity contribution is 0.155. The topological polar surface area (TPSA) is 95.9 Å². The van der Waals surface area contributed by atoms with Gasteiger partial charge in [-0.25, -0.2) is 14.3 Å². The number of hydrogen-bond acceptors (Lipinski definition) is 6. The van der Waals surface area contributed by atoms with Gasteiger partial charge in [-0.05, 0) is 6.92 Å². The fourth-order valence-electron chi connectivity index (χ4n) is 1.21. The van der Waals surface area contributed by atoms with Crippen LogP contribution in [0.5, 0.6) is 0 Å². The number of halogens is 1. The number of imidazole rings is 1. The first kappa shape index (κ1) is 10.6. The van der Waals surface area contributed by atoms with Crippen molar-refractivity contribution in [3.05, 3.63) is 11.5 Å². The molecule has 2 aromatic rings. The lowest BCUT2D eigenvalue weighted by Crippen LogP contribution is -2.13. The third-order valence-electron chi connectivity index (χ3n) is 1.84. The van der Waals surface area contributed by atoms with Crippen LogP contribution in [-0.4, -0.2) is 32.2 Å². The van der Waals surface area contributed by atoms with Crippen molar-refractivity contribution in [1.29, 1.82) is 0 Å². The van der Waals surface area contributed by atoms with Crippen molar-refractivity contribution in [2.75, 3.05) is 12.3 Å². The second kappa shape index (κ2) is 3.93. The summed E-state index contributed by atoms with van der Waals surface area (Å²) in [5, 5.41) is 0.102. The molecule has 84 valence electrons. The summed E-state index contributed by atoms with van der Waals surface area (Å²) in [6.45, 7) is 1.96. The molecule has 0 amide bonds. The zero-order valence-corrected chi connectivity index (χ0v) is 9.10. The first-order valence-corrected chi connectivity index (χ1v) is 4.84. The molecule has 2 aromatic heterocycles. The van der Waals surface area contributed by atoms with E-state index in [1.807, 2.05) is 0 Å². The summed E-state index contributed by atoms with van der Waals surface area (Å²) in [7, 11) is 0. The summed E-state index contributed by atoms with van der Waals surface area (Å²) in [5.74, 6) is -0.0245. The molecule has 0 radical (unpaired) electrons. The largest absolute Gasteiger partial charge is 0.449 e. The van der Waals surface area contributed by atoms with Crippen LogP contribution in [0.15, 0.2) is 6.33 Å². The number of nitrogens with two attached hydrogens (primary N) is 1. The Kier molecular flexibility index (Phi) is 2.61. The monoisotopic (exact) mass is 241 g/mol. The van der Waals surface area contributed by atoms with Gasteiger partial charge in [-0.2, -0.15) is 9.97 Å². The number of carbonyl (C=O) groups excluding carboxylic acids is 1. The highest BCUT2D eigenvalue weighted by atomic mass is 35.5. The second-order valence-electron chi connectivity index (χ2n) is 2.86. The molecule has 2 N–H and O–H groups in total. The summed E-state index contributed by atoms with van der Waals surface area (Å²) >= 11 is 5.80. The number of nitrogen functional groups attached to an aromatic ring is 1. The van der Waals surface area contributed by atoms with E-state index in [4.69, 9.17) is 22.1 Å². The molecule has 0 fully saturated rings. The standard InChI is InChI=1S/C8H8ClN5O2/c1-2-16-8(15)14-3-11-4-5(9)12-7(10)13-6(4)14/h3H,2H2,1H3,(H2,10,12,13). The number of anilines is 1. The van der Waals surface area contributed by atoms with E-state index in [0.717, 1.165) is 4.57 Å². The molecular weight excluding hydrogens is 234 g/mol. The molecule has 0 saturated heterocycles. The third-order valence-corrected chi connectivity index (χ3v) is 2.10. The van der Waals surface area contributed by atoms with Gasteiger partial charge in [-0.3, -0.25) is 0 Å². The molecule has 2 rings (SSSR count). The number of ether oxygens (including phenoxy) is 1. The Morgan fingerprint density at radius 3 is 3.06 bits per heavy atom. The van der Waals surface area contributed by atoms with Gasteiger partial charge in [-0.1, -0.05) is 11.6 Å². The highest BCUT2D eigenvalue weighted by Crippen LogP contribution is 2.19. The quantitative estimate of drug-likeness (QED) is 0.750. The van der Waals surface area contributed by atoms with Gasteiger partial charge in [0.15, 0.2) is 10.8 Å². The Balaban J connectivity index is 2.60. The van der Waals surface area contributed by atoms with Crippen molar-refractivity contribution in [3.8, 4) is 0 Å². The number of nitrogens with zero attached hydrogens (tertiary/aromatic N) is 4. The molecule has 0 unspecified atom stereocenters. The summed E-state index contributed by atoms with van der Waals surface area (Å²) in [5.41, 5.74) is 5.97. The van der Waals surface area contributed by atoms with Crippen LogP contribution in [0, 0.1) is 0 Å². The maximum absolute atomic E-state index is 11.5. The molecule has 0 aliphatic rings. The molecule has 0 aliphatic carbocycles. The Bertz CT molecular complexity index is 553. The van der Waals surface area contributed by atoms with Crippen molar-refractivity contribution in [2.24, 2.45) is 0 Å². The van der Waals surface area contributed by atoms with Gasteiger partial charge < -0.3 is 10.5 Å². The predicted octanol–water partition coefficient (Wildman–Crippen LogP) is 1.07. The molecule has 0 atom stereocenters. The van der Waals surface area contributed by atoms with Gasteiger partial charge in [0, 0.05) is 0 Å². The number of aromatic nitrogens is 4. The minimum absolute atomic E-state index is 0.0245. The first-order chi connectivity index (χ1) is 7.63. The van der Waals surface area contributed by atoms with Crippen LogP contribution in [0.3, 0.4) is 0 Å². The van der Waals surface area contributed by atoms with Crippen LogP contribution in [0.25, 0.3) is 11.2 Å². The van der Waals surface area contributed by atoms with Gasteiger partial charge in [0.1, 0.15) is 11.8 Å². The van der Waals surface area contributed by atoms with E-state index in [9.17, 15) is 4.79 Å². The lowest BCUT2D eigenvalue weighted by atomic mass is 10.5. The van der Waals surface area contributed by atoms with Gasteiger partial charge >= 0.3 is 6.09 Å². The molecule has 0 spiro atoms. The van der Waals surface area contributed by atoms with E-state index in [0.29, 0.717) is 5.52 Å². The van der Waals surface area contributed by atoms with Gasteiger partial charge in [-0.15, -0.1) is 0 Å². The van der Waals surface area contributed by atoms with E-state index in [-0.39, 0.29) is 23.4 Å². The van der Waals surface area contributed by atoms with Crippen LogP contribution >= 0.6 is 11.6 Å². The molecule has 0 aromatic carbocycles. The summed E-state index contributed by atoms with van der Waals surface area (Å²) < 4.78 is 5.94. The smallest absolute Gasteiger partial charge is 0.420 e. The fraction of sp³-hybridized carbons (Fsp3) is 0.250. The average Bonchev–Trinajstić information content (AvgIpc) is 2.61. The summed E-state index contributed by atoms with van der Waals surface area (Å²) in [4.78, 5) is 23.0. The van der Waals surface area contributed by atoms with Crippen LogP contribution in [0.1, 0.15) is 6.92 Å². The first-order valence-electron chi connectivity index (χ1n) is 4.46. The Morgan fingerprint density at radius 1 is 1.62 bits per heavy atom. The van der Waals surface area contributed by atoms with E-state index in [1.165, 1.54) is 6.33 Å². The number of hydrogen-bond donors (Lipinski definition) is 1.